The van der Waals surface area contributed by atoms with Gasteiger partial charge in [0.05, 0.1) is 5.92 Å². The van der Waals surface area contributed by atoms with Gasteiger partial charge in [-0.2, -0.15) is 0 Å². The molecule has 11 heavy (non-hydrogen) atoms. The van der Waals surface area contributed by atoms with Crippen LogP contribution in [0.5, 0.6) is 0 Å². The van der Waals surface area contributed by atoms with E-state index in [-0.39, 0.29) is 11.7 Å². The van der Waals surface area contributed by atoms with Crippen molar-refractivity contribution in [3.63, 3.8) is 0 Å². The van der Waals surface area contributed by atoms with Gasteiger partial charge in [-0.05, 0) is 13.8 Å². The highest BCUT2D eigenvalue weighted by molar-refractivity contribution is 5.81. The fourth-order valence-electron chi connectivity index (χ4n) is 0.976. The lowest BCUT2D eigenvalue weighted by molar-refractivity contribution is -0.118. The molecule has 0 aliphatic rings. The van der Waals surface area contributed by atoms with Crippen molar-refractivity contribution < 1.29 is 4.79 Å². The van der Waals surface area contributed by atoms with Crippen LogP contribution in [0, 0.1) is 0 Å². The van der Waals surface area contributed by atoms with E-state index < -0.39 is 0 Å². The van der Waals surface area contributed by atoms with E-state index in [2.05, 4.69) is 4.98 Å². The van der Waals surface area contributed by atoms with Crippen molar-refractivity contribution in [1.29, 1.82) is 0 Å². The number of Topliss-reactive ketones (excluding diaryl/α,β-unsaturated/α-hetero) is 1. The van der Waals surface area contributed by atoms with Gasteiger partial charge in [0.25, 0.3) is 0 Å². The lowest BCUT2D eigenvalue weighted by atomic mass is 10.1. The normalized spacial score (nSPS) is 13.0. The molecule has 0 saturated carbocycles. The third-order valence-corrected chi connectivity index (χ3v) is 1.86. The summed E-state index contributed by atoms with van der Waals surface area (Å²) in [7, 11) is 1.89. The van der Waals surface area contributed by atoms with Crippen molar-refractivity contribution in [2.24, 2.45) is 7.05 Å². The summed E-state index contributed by atoms with van der Waals surface area (Å²) in [4.78, 5) is 15.0. The van der Waals surface area contributed by atoms with Gasteiger partial charge in [0.2, 0.25) is 0 Å². The largest absolute Gasteiger partial charge is 0.337 e. The van der Waals surface area contributed by atoms with Crippen LogP contribution in [0.3, 0.4) is 0 Å². The molecule has 0 spiro atoms. The van der Waals surface area contributed by atoms with Crippen LogP contribution in [0.1, 0.15) is 25.6 Å². The van der Waals surface area contributed by atoms with E-state index in [4.69, 9.17) is 0 Å². The minimum atomic E-state index is -0.0880. The lowest BCUT2D eigenvalue weighted by Gasteiger charge is -2.06. The van der Waals surface area contributed by atoms with Crippen LogP contribution in [-0.2, 0) is 11.8 Å². The Balaban J connectivity index is 2.92. The third kappa shape index (κ3) is 1.48. The SMILES string of the molecule is CC(=O)C(C)c1nccn1C. The van der Waals surface area contributed by atoms with Crippen molar-refractivity contribution in [1.82, 2.24) is 9.55 Å². The van der Waals surface area contributed by atoms with Gasteiger partial charge in [-0.15, -0.1) is 0 Å². The lowest BCUT2D eigenvalue weighted by Crippen LogP contribution is -2.09. The molecule has 3 nitrogen and oxygen atoms in total. The number of rotatable bonds is 2. The number of nitrogens with zero attached hydrogens (tertiary/aromatic N) is 2. The van der Waals surface area contributed by atoms with Gasteiger partial charge in [-0.3, -0.25) is 4.79 Å². The van der Waals surface area contributed by atoms with Crippen LogP contribution in [0.4, 0.5) is 0 Å². The molecular formula is C8H12N2O. The first kappa shape index (κ1) is 7.98. The number of imidazole rings is 1. The first-order valence-electron chi connectivity index (χ1n) is 3.60. The van der Waals surface area contributed by atoms with Crippen LogP contribution >= 0.6 is 0 Å². The fourth-order valence-corrected chi connectivity index (χ4v) is 0.976. The van der Waals surface area contributed by atoms with E-state index >= 15 is 0 Å². The van der Waals surface area contributed by atoms with Gasteiger partial charge >= 0.3 is 0 Å². The average molecular weight is 152 g/mol. The summed E-state index contributed by atoms with van der Waals surface area (Å²) in [6.45, 7) is 3.45. The zero-order valence-electron chi connectivity index (χ0n) is 7.03. The van der Waals surface area contributed by atoms with Crippen molar-refractivity contribution in [3.05, 3.63) is 18.2 Å². The Kier molecular flexibility index (Phi) is 2.08. The molecule has 0 bridgehead atoms. The summed E-state index contributed by atoms with van der Waals surface area (Å²) in [5.41, 5.74) is 0. The van der Waals surface area contributed by atoms with Crippen molar-refractivity contribution in [2.75, 3.05) is 0 Å². The Hall–Kier alpha value is -1.12. The second kappa shape index (κ2) is 2.86. The van der Waals surface area contributed by atoms with E-state index in [0.29, 0.717) is 0 Å². The highest BCUT2D eigenvalue weighted by Crippen LogP contribution is 2.11. The molecular weight excluding hydrogens is 140 g/mol. The molecule has 1 aromatic rings. The topological polar surface area (TPSA) is 34.9 Å². The molecule has 0 saturated heterocycles. The summed E-state index contributed by atoms with van der Waals surface area (Å²) >= 11 is 0. The molecule has 0 aromatic carbocycles. The maximum atomic E-state index is 10.9. The van der Waals surface area contributed by atoms with Gasteiger partial charge in [0.15, 0.2) is 0 Å². The predicted octanol–water partition coefficient (Wildman–Crippen LogP) is 1.11. The first-order valence-corrected chi connectivity index (χ1v) is 3.60. The molecule has 0 radical (unpaired) electrons. The average Bonchev–Trinajstić information content (AvgIpc) is 2.33. The monoisotopic (exact) mass is 152 g/mol. The highest BCUT2D eigenvalue weighted by Gasteiger charge is 2.13. The van der Waals surface area contributed by atoms with E-state index in [1.807, 2.05) is 24.7 Å². The predicted molar refractivity (Wildman–Crippen MR) is 42.3 cm³/mol. The molecule has 0 amide bonds. The van der Waals surface area contributed by atoms with Gasteiger partial charge in [-0.1, -0.05) is 0 Å². The number of hydrogen-bond donors (Lipinski definition) is 0. The van der Waals surface area contributed by atoms with Crippen LogP contribution in [0.25, 0.3) is 0 Å². The summed E-state index contributed by atoms with van der Waals surface area (Å²) in [5.74, 6) is 0.895. The fraction of sp³-hybridized carbons (Fsp3) is 0.500. The first-order chi connectivity index (χ1) is 5.13. The molecule has 3 heteroatoms. The summed E-state index contributed by atoms with van der Waals surface area (Å²) in [6.07, 6.45) is 3.55. The molecule has 1 rings (SSSR count). The Morgan fingerprint density at radius 2 is 2.36 bits per heavy atom. The number of aryl methyl sites for hydroxylation is 1. The molecule has 1 heterocycles. The Bertz CT molecular complexity index is 265. The molecule has 1 unspecified atom stereocenters. The Morgan fingerprint density at radius 1 is 1.73 bits per heavy atom. The molecule has 0 fully saturated rings. The molecule has 60 valence electrons. The van der Waals surface area contributed by atoms with Crippen molar-refractivity contribution >= 4 is 5.78 Å². The number of aromatic nitrogens is 2. The van der Waals surface area contributed by atoms with E-state index in [1.165, 1.54) is 0 Å². The quantitative estimate of drug-likeness (QED) is 0.636. The van der Waals surface area contributed by atoms with Crippen LogP contribution in [0.15, 0.2) is 12.4 Å². The Labute approximate surface area is 66.1 Å². The van der Waals surface area contributed by atoms with E-state index in [1.54, 1.807) is 13.1 Å². The minimum absolute atomic E-state index is 0.0880. The molecule has 0 N–H and O–H groups in total. The van der Waals surface area contributed by atoms with Gasteiger partial charge < -0.3 is 4.57 Å². The second-order valence-corrected chi connectivity index (χ2v) is 2.73. The van der Waals surface area contributed by atoms with Gasteiger partial charge in [0, 0.05) is 19.4 Å². The zero-order valence-corrected chi connectivity index (χ0v) is 7.03. The third-order valence-electron chi connectivity index (χ3n) is 1.86. The number of ketones is 1. The van der Waals surface area contributed by atoms with Gasteiger partial charge in [-0.25, -0.2) is 4.98 Å². The van der Waals surface area contributed by atoms with Crippen molar-refractivity contribution in [3.8, 4) is 0 Å². The molecule has 1 aromatic heterocycles. The molecule has 1 atom stereocenters. The van der Waals surface area contributed by atoms with Crippen LogP contribution < -0.4 is 0 Å². The summed E-state index contributed by atoms with van der Waals surface area (Å²) < 4.78 is 1.87. The van der Waals surface area contributed by atoms with E-state index in [9.17, 15) is 4.79 Å². The van der Waals surface area contributed by atoms with Crippen LogP contribution in [-0.4, -0.2) is 15.3 Å². The standard InChI is InChI=1S/C8H12N2O/c1-6(7(2)11)8-9-4-5-10(8)3/h4-6H,1-3H3. The number of carbonyl (C=O) groups is 1. The maximum Gasteiger partial charge on any atom is 0.140 e. The highest BCUT2D eigenvalue weighted by atomic mass is 16.1. The Morgan fingerprint density at radius 3 is 2.73 bits per heavy atom. The smallest absolute Gasteiger partial charge is 0.140 e. The zero-order chi connectivity index (χ0) is 8.43. The second-order valence-electron chi connectivity index (χ2n) is 2.73. The summed E-state index contributed by atoms with van der Waals surface area (Å²) in [5, 5.41) is 0. The molecule has 0 aliphatic heterocycles. The van der Waals surface area contributed by atoms with Crippen LogP contribution in [0.2, 0.25) is 0 Å². The molecule has 0 aliphatic carbocycles. The van der Waals surface area contributed by atoms with Gasteiger partial charge in [0.1, 0.15) is 11.6 Å². The number of hydrogen-bond acceptors (Lipinski definition) is 2. The van der Waals surface area contributed by atoms with E-state index in [0.717, 1.165) is 5.82 Å². The summed E-state index contributed by atoms with van der Waals surface area (Å²) in [6, 6.07) is 0. The minimum Gasteiger partial charge on any atom is -0.337 e. The van der Waals surface area contributed by atoms with Crippen molar-refractivity contribution in [2.45, 2.75) is 19.8 Å². The maximum absolute atomic E-state index is 10.9. The number of carbonyl (C=O) groups excluding carboxylic acids is 1.